The van der Waals surface area contributed by atoms with Gasteiger partial charge >= 0.3 is 0 Å². The molecule has 0 bridgehead atoms. The van der Waals surface area contributed by atoms with Gasteiger partial charge in [0.05, 0.1) is 6.10 Å². The topological polar surface area (TPSA) is 48.4 Å². The Kier molecular flexibility index (Phi) is 4.53. The fraction of sp³-hybridized carbons (Fsp3) is 0.438. The minimum absolute atomic E-state index is 0.375. The standard InChI is InChI=1S/C16H21N3OS/c1-12-8-17-16(21-12)18-9-15(20)11-19-7-6-13-4-2-3-5-14(13)10-19/h2-5,8,15,20H,6-7,9-11H2,1H3,(H,17,18). The number of fused-ring (bicyclic) bond motifs is 1. The molecule has 5 heteroatoms. The average Bonchev–Trinajstić information content (AvgIpc) is 2.91. The Hall–Kier alpha value is -1.43. The number of aryl methyl sites for hydroxylation is 1. The molecule has 1 aliphatic heterocycles. The highest BCUT2D eigenvalue weighted by Gasteiger charge is 2.18. The van der Waals surface area contributed by atoms with Crippen LogP contribution in [0.25, 0.3) is 0 Å². The summed E-state index contributed by atoms with van der Waals surface area (Å²) in [5, 5.41) is 14.3. The molecule has 0 spiro atoms. The number of nitrogens with zero attached hydrogens (tertiary/aromatic N) is 2. The molecule has 1 aromatic carbocycles. The summed E-state index contributed by atoms with van der Waals surface area (Å²) in [7, 11) is 0. The van der Waals surface area contributed by atoms with Crippen LogP contribution in [0.4, 0.5) is 5.13 Å². The third kappa shape index (κ3) is 3.81. The molecule has 0 saturated carbocycles. The van der Waals surface area contributed by atoms with Crippen molar-refractivity contribution in [3.05, 3.63) is 46.5 Å². The van der Waals surface area contributed by atoms with E-state index in [4.69, 9.17) is 0 Å². The van der Waals surface area contributed by atoms with Crippen LogP contribution in [0, 0.1) is 6.92 Å². The van der Waals surface area contributed by atoms with Gasteiger partial charge in [-0.1, -0.05) is 24.3 Å². The van der Waals surface area contributed by atoms with Crippen molar-refractivity contribution >= 4 is 16.5 Å². The van der Waals surface area contributed by atoms with Gasteiger partial charge in [0.25, 0.3) is 0 Å². The van der Waals surface area contributed by atoms with E-state index in [1.165, 1.54) is 16.0 Å². The summed E-state index contributed by atoms with van der Waals surface area (Å²) in [6.45, 7) is 5.23. The van der Waals surface area contributed by atoms with Crippen LogP contribution in [0.3, 0.4) is 0 Å². The normalized spacial score (nSPS) is 16.5. The van der Waals surface area contributed by atoms with Crippen molar-refractivity contribution in [1.82, 2.24) is 9.88 Å². The van der Waals surface area contributed by atoms with Crippen molar-refractivity contribution in [2.45, 2.75) is 26.0 Å². The van der Waals surface area contributed by atoms with Gasteiger partial charge in [-0.05, 0) is 24.5 Å². The molecule has 0 fully saturated rings. The number of aliphatic hydroxyl groups excluding tert-OH is 1. The number of rotatable bonds is 5. The van der Waals surface area contributed by atoms with Gasteiger partial charge in [0.2, 0.25) is 0 Å². The van der Waals surface area contributed by atoms with Gasteiger partial charge in [-0.2, -0.15) is 0 Å². The highest BCUT2D eigenvalue weighted by Crippen LogP contribution is 2.19. The third-order valence-corrected chi connectivity index (χ3v) is 4.66. The van der Waals surface area contributed by atoms with Gasteiger partial charge in [0, 0.05) is 37.3 Å². The molecule has 0 radical (unpaired) electrons. The summed E-state index contributed by atoms with van der Waals surface area (Å²) in [6.07, 6.45) is 2.54. The van der Waals surface area contributed by atoms with Crippen LogP contribution in [-0.4, -0.2) is 40.7 Å². The molecule has 21 heavy (non-hydrogen) atoms. The number of nitrogens with one attached hydrogen (secondary N) is 1. The zero-order valence-electron chi connectivity index (χ0n) is 12.2. The van der Waals surface area contributed by atoms with E-state index < -0.39 is 0 Å². The molecule has 1 atom stereocenters. The van der Waals surface area contributed by atoms with E-state index in [0.29, 0.717) is 13.1 Å². The first kappa shape index (κ1) is 14.5. The van der Waals surface area contributed by atoms with Gasteiger partial charge in [-0.3, -0.25) is 4.90 Å². The van der Waals surface area contributed by atoms with Gasteiger partial charge in [0.15, 0.2) is 5.13 Å². The zero-order valence-corrected chi connectivity index (χ0v) is 13.1. The maximum Gasteiger partial charge on any atom is 0.182 e. The van der Waals surface area contributed by atoms with Crippen LogP contribution in [0.5, 0.6) is 0 Å². The maximum atomic E-state index is 10.2. The molecular formula is C16H21N3OS. The first-order chi connectivity index (χ1) is 10.2. The summed E-state index contributed by atoms with van der Waals surface area (Å²) in [6, 6.07) is 8.58. The molecule has 2 heterocycles. The number of thiazole rings is 1. The van der Waals surface area contributed by atoms with Crippen LogP contribution in [0.15, 0.2) is 30.5 Å². The molecule has 3 rings (SSSR count). The van der Waals surface area contributed by atoms with E-state index in [2.05, 4.69) is 39.5 Å². The first-order valence-electron chi connectivity index (χ1n) is 7.34. The second-order valence-electron chi connectivity index (χ2n) is 5.56. The lowest BCUT2D eigenvalue weighted by Gasteiger charge is -2.30. The highest BCUT2D eigenvalue weighted by molar-refractivity contribution is 7.15. The fourth-order valence-corrected chi connectivity index (χ4v) is 3.39. The van der Waals surface area contributed by atoms with E-state index in [9.17, 15) is 5.11 Å². The molecule has 112 valence electrons. The zero-order chi connectivity index (χ0) is 14.7. The molecule has 1 unspecified atom stereocenters. The fourth-order valence-electron chi connectivity index (χ4n) is 2.71. The van der Waals surface area contributed by atoms with Crippen LogP contribution in [0.2, 0.25) is 0 Å². The summed E-state index contributed by atoms with van der Waals surface area (Å²) in [4.78, 5) is 7.75. The molecule has 2 aromatic rings. The maximum absolute atomic E-state index is 10.2. The molecule has 0 amide bonds. The number of β-amino-alcohol motifs (C(OH)–C–C–N with tert-alkyl or cyclic N) is 1. The number of hydrogen-bond donors (Lipinski definition) is 2. The first-order valence-corrected chi connectivity index (χ1v) is 8.16. The summed E-state index contributed by atoms with van der Waals surface area (Å²) < 4.78 is 0. The monoisotopic (exact) mass is 303 g/mol. The number of hydrogen-bond acceptors (Lipinski definition) is 5. The number of aromatic nitrogens is 1. The highest BCUT2D eigenvalue weighted by atomic mass is 32.1. The largest absolute Gasteiger partial charge is 0.390 e. The predicted octanol–water partition coefficient (Wildman–Crippen LogP) is 2.28. The summed E-state index contributed by atoms with van der Waals surface area (Å²) >= 11 is 1.62. The third-order valence-electron chi connectivity index (χ3n) is 3.79. The Morgan fingerprint density at radius 1 is 1.38 bits per heavy atom. The van der Waals surface area contributed by atoms with Gasteiger partial charge in [0.1, 0.15) is 0 Å². The second-order valence-corrected chi connectivity index (χ2v) is 6.80. The molecule has 2 N–H and O–H groups in total. The Labute approximate surface area is 129 Å². The molecule has 1 aromatic heterocycles. The van der Waals surface area contributed by atoms with E-state index >= 15 is 0 Å². The predicted molar refractivity (Wildman–Crippen MR) is 86.8 cm³/mol. The van der Waals surface area contributed by atoms with Crippen LogP contribution < -0.4 is 5.32 Å². The minimum Gasteiger partial charge on any atom is -0.390 e. The van der Waals surface area contributed by atoms with Crippen molar-refractivity contribution in [3.63, 3.8) is 0 Å². The van der Waals surface area contributed by atoms with E-state index in [-0.39, 0.29) is 6.10 Å². The van der Waals surface area contributed by atoms with Gasteiger partial charge < -0.3 is 10.4 Å². The Morgan fingerprint density at radius 2 is 2.19 bits per heavy atom. The Bertz CT molecular complexity index is 599. The van der Waals surface area contributed by atoms with Crippen LogP contribution in [-0.2, 0) is 13.0 Å². The van der Waals surface area contributed by atoms with Crippen molar-refractivity contribution in [1.29, 1.82) is 0 Å². The smallest absolute Gasteiger partial charge is 0.182 e. The lowest BCUT2D eigenvalue weighted by Crippen LogP contribution is -2.39. The second kappa shape index (κ2) is 6.56. The number of aliphatic hydroxyl groups is 1. The van der Waals surface area contributed by atoms with Gasteiger partial charge in [-0.25, -0.2) is 4.98 Å². The van der Waals surface area contributed by atoms with Crippen LogP contribution >= 0.6 is 11.3 Å². The Balaban J connectivity index is 1.48. The molecule has 0 aliphatic carbocycles. The van der Waals surface area contributed by atoms with Crippen molar-refractivity contribution in [2.24, 2.45) is 0 Å². The van der Waals surface area contributed by atoms with Crippen molar-refractivity contribution in [2.75, 3.05) is 25.0 Å². The van der Waals surface area contributed by atoms with Gasteiger partial charge in [-0.15, -0.1) is 11.3 Å². The summed E-state index contributed by atoms with van der Waals surface area (Å²) in [5.41, 5.74) is 2.83. The van der Waals surface area contributed by atoms with E-state index in [1.54, 1.807) is 11.3 Å². The molecule has 0 saturated heterocycles. The van der Waals surface area contributed by atoms with Crippen molar-refractivity contribution < 1.29 is 5.11 Å². The van der Waals surface area contributed by atoms with E-state index in [1.807, 2.05) is 13.1 Å². The quantitative estimate of drug-likeness (QED) is 0.890. The van der Waals surface area contributed by atoms with E-state index in [0.717, 1.165) is 24.6 Å². The molecule has 4 nitrogen and oxygen atoms in total. The lowest BCUT2D eigenvalue weighted by atomic mass is 10.00. The Morgan fingerprint density at radius 3 is 2.95 bits per heavy atom. The SMILES string of the molecule is Cc1cnc(NCC(O)CN2CCc3ccccc3C2)s1. The van der Waals surface area contributed by atoms with Crippen molar-refractivity contribution in [3.8, 4) is 0 Å². The summed E-state index contributed by atoms with van der Waals surface area (Å²) in [5.74, 6) is 0. The molecule has 1 aliphatic rings. The lowest BCUT2D eigenvalue weighted by molar-refractivity contribution is 0.114. The van der Waals surface area contributed by atoms with Crippen LogP contribution in [0.1, 0.15) is 16.0 Å². The minimum atomic E-state index is -0.375. The average molecular weight is 303 g/mol. The molecular weight excluding hydrogens is 282 g/mol. The number of anilines is 1. The number of benzene rings is 1.